The summed E-state index contributed by atoms with van der Waals surface area (Å²) in [5.41, 5.74) is 2.64. The standard InChI is InChI=1S/C11H14N4S/c1-3-9-4-6-10(7-5-9)8-15(2)11-12-13-14-16-11/h4-7H,3,8H2,1-2H3. The van der Waals surface area contributed by atoms with Gasteiger partial charge in [0.25, 0.3) is 0 Å². The van der Waals surface area contributed by atoms with Crippen LogP contribution in [0.5, 0.6) is 0 Å². The van der Waals surface area contributed by atoms with Gasteiger partial charge in [-0.1, -0.05) is 40.8 Å². The van der Waals surface area contributed by atoms with Gasteiger partial charge in [-0.2, -0.15) is 0 Å². The molecule has 0 amide bonds. The number of aromatic nitrogens is 3. The second-order valence-electron chi connectivity index (χ2n) is 3.67. The molecule has 0 bridgehead atoms. The molecule has 0 saturated heterocycles. The van der Waals surface area contributed by atoms with Crippen molar-refractivity contribution < 1.29 is 0 Å². The largest absolute Gasteiger partial charge is 0.344 e. The van der Waals surface area contributed by atoms with Gasteiger partial charge in [0.2, 0.25) is 5.13 Å². The van der Waals surface area contributed by atoms with Gasteiger partial charge in [-0.3, -0.25) is 0 Å². The zero-order chi connectivity index (χ0) is 11.4. The van der Waals surface area contributed by atoms with Gasteiger partial charge in [-0.15, -0.1) is 0 Å². The summed E-state index contributed by atoms with van der Waals surface area (Å²) in [7, 11) is 2.00. The van der Waals surface area contributed by atoms with E-state index < -0.39 is 0 Å². The van der Waals surface area contributed by atoms with Crippen molar-refractivity contribution in [1.29, 1.82) is 0 Å². The van der Waals surface area contributed by atoms with Crippen LogP contribution < -0.4 is 4.90 Å². The van der Waals surface area contributed by atoms with Crippen LogP contribution in [0.1, 0.15) is 18.1 Å². The number of hydrogen-bond donors (Lipinski definition) is 0. The molecule has 0 aliphatic carbocycles. The number of anilines is 1. The number of hydrogen-bond acceptors (Lipinski definition) is 5. The van der Waals surface area contributed by atoms with Crippen LogP contribution in [0.25, 0.3) is 0 Å². The average molecular weight is 234 g/mol. The van der Waals surface area contributed by atoms with Crippen molar-refractivity contribution in [2.75, 3.05) is 11.9 Å². The molecular formula is C11H14N4S. The zero-order valence-electron chi connectivity index (χ0n) is 9.42. The Balaban J connectivity index is 2.03. The normalized spacial score (nSPS) is 10.4. The summed E-state index contributed by atoms with van der Waals surface area (Å²) in [6, 6.07) is 8.65. The highest BCUT2D eigenvalue weighted by Crippen LogP contribution is 2.15. The number of nitrogens with zero attached hydrogens (tertiary/aromatic N) is 4. The molecule has 2 aromatic rings. The first kappa shape index (κ1) is 11.0. The summed E-state index contributed by atoms with van der Waals surface area (Å²) < 4.78 is 3.75. The van der Waals surface area contributed by atoms with Gasteiger partial charge in [0.05, 0.1) is 0 Å². The smallest absolute Gasteiger partial charge is 0.227 e. The minimum absolute atomic E-state index is 0.834. The van der Waals surface area contributed by atoms with Crippen LogP contribution >= 0.6 is 11.5 Å². The summed E-state index contributed by atoms with van der Waals surface area (Å²) >= 11 is 1.31. The lowest BCUT2D eigenvalue weighted by molar-refractivity contribution is 0.873. The van der Waals surface area contributed by atoms with Crippen molar-refractivity contribution in [2.24, 2.45) is 0 Å². The van der Waals surface area contributed by atoms with Crippen molar-refractivity contribution >= 4 is 16.7 Å². The first-order valence-electron chi connectivity index (χ1n) is 5.23. The first-order chi connectivity index (χ1) is 7.79. The van der Waals surface area contributed by atoms with Crippen molar-refractivity contribution in [1.82, 2.24) is 14.8 Å². The first-order valence-corrected chi connectivity index (χ1v) is 6.01. The molecule has 0 radical (unpaired) electrons. The zero-order valence-corrected chi connectivity index (χ0v) is 10.2. The van der Waals surface area contributed by atoms with Crippen LogP contribution in [0, 0.1) is 0 Å². The third kappa shape index (κ3) is 2.55. The van der Waals surface area contributed by atoms with E-state index in [-0.39, 0.29) is 0 Å². The molecule has 0 aliphatic rings. The fraction of sp³-hybridized carbons (Fsp3) is 0.364. The van der Waals surface area contributed by atoms with E-state index in [1.165, 1.54) is 22.7 Å². The van der Waals surface area contributed by atoms with Gasteiger partial charge in [-0.05, 0) is 22.8 Å². The lowest BCUT2D eigenvalue weighted by atomic mass is 10.1. The molecular weight excluding hydrogens is 220 g/mol. The highest BCUT2D eigenvalue weighted by molar-refractivity contribution is 7.09. The Labute approximate surface area is 99.1 Å². The lowest BCUT2D eigenvalue weighted by Gasteiger charge is -2.14. The van der Waals surface area contributed by atoms with Crippen molar-refractivity contribution in [3.05, 3.63) is 35.4 Å². The van der Waals surface area contributed by atoms with Gasteiger partial charge >= 0.3 is 0 Å². The maximum Gasteiger partial charge on any atom is 0.227 e. The van der Waals surface area contributed by atoms with E-state index in [2.05, 4.69) is 46.0 Å². The average Bonchev–Trinajstić information content (AvgIpc) is 2.83. The summed E-state index contributed by atoms with van der Waals surface area (Å²) in [5.74, 6) is 0. The van der Waals surface area contributed by atoms with Gasteiger partial charge in [0, 0.05) is 25.1 Å². The maximum absolute atomic E-state index is 3.93. The van der Waals surface area contributed by atoms with Gasteiger partial charge in [0.15, 0.2) is 0 Å². The predicted octanol–water partition coefficient (Wildman–Crippen LogP) is 2.13. The van der Waals surface area contributed by atoms with E-state index in [4.69, 9.17) is 0 Å². The summed E-state index contributed by atoms with van der Waals surface area (Å²) in [4.78, 5) is 2.05. The molecule has 2 rings (SSSR count). The summed E-state index contributed by atoms with van der Waals surface area (Å²) in [5, 5.41) is 8.37. The Morgan fingerprint density at radius 3 is 2.44 bits per heavy atom. The van der Waals surface area contributed by atoms with Crippen molar-refractivity contribution in [3.8, 4) is 0 Å². The van der Waals surface area contributed by atoms with E-state index >= 15 is 0 Å². The van der Waals surface area contributed by atoms with Gasteiger partial charge in [-0.25, -0.2) is 0 Å². The summed E-state index contributed by atoms with van der Waals surface area (Å²) in [6.07, 6.45) is 1.08. The van der Waals surface area contributed by atoms with Gasteiger partial charge in [0.1, 0.15) is 0 Å². The third-order valence-corrected chi connectivity index (χ3v) is 3.18. The fourth-order valence-corrected chi connectivity index (χ4v) is 1.92. The van der Waals surface area contributed by atoms with Crippen LogP contribution in [0.3, 0.4) is 0 Å². The minimum Gasteiger partial charge on any atom is -0.344 e. The van der Waals surface area contributed by atoms with E-state index in [9.17, 15) is 0 Å². The molecule has 4 nitrogen and oxygen atoms in total. The van der Waals surface area contributed by atoms with Crippen molar-refractivity contribution in [3.63, 3.8) is 0 Å². The van der Waals surface area contributed by atoms with E-state index in [1.54, 1.807) is 0 Å². The van der Waals surface area contributed by atoms with E-state index in [0.717, 1.165) is 18.1 Å². The molecule has 16 heavy (non-hydrogen) atoms. The maximum atomic E-state index is 3.93. The molecule has 0 aliphatic heterocycles. The quantitative estimate of drug-likeness (QED) is 0.812. The predicted molar refractivity (Wildman–Crippen MR) is 65.6 cm³/mol. The van der Waals surface area contributed by atoms with Crippen molar-refractivity contribution in [2.45, 2.75) is 19.9 Å². The molecule has 1 heterocycles. The topological polar surface area (TPSA) is 41.9 Å². The molecule has 0 unspecified atom stereocenters. The number of rotatable bonds is 4. The molecule has 1 aromatic heterocycles. The summed E-state index contributed by atoms with van der Waals surface area (Å²) in [6.45, 7) is 2.99. The molecule has 84 valence electrons. The van der Waals surface area contributed by atoms with Gasteiger partial charge < -0.3 is 4.90 Å². The fourth-order valence-electron chi connectivity index (χ4n) is 1.50. The molecule has 5 heteroatoms. The Hall–Kier alpha value is -1.49. The van der Waals surface area contributed by atoms with Crippen LogP contribution in [-0.2, 0) is 13.0 Å². The van der Waals surface area contributed by atoms with Crippen LogP contribution in [0.4, 0.5) is 5.13 Å². The second kappa shape index (κ2) is 5.03. The van der Waals surface area contributed by atoms with E-state index in [0.29, 0.717) is 0 Å². The molecule has 0 atom stereocenters. The Kier molecular flexibility index (Phi) is 3.46. The minimum atomic E-state index is 0.834. The second-order valence-corrected chi connectivity index (χ2v) is 4.38. The SMILES string of the molecule is CCc1ccc(CN(C)c2nnns2)cc1. The Bertz CT molecular complexity index is 424. The van der Waals surface area contributed by atoms with Crippen LogP contribution in [0.15, 0.2) is 24.3 Å². The molecule has 0 spiro atoms. The van der Waals surface area contributed by atoms with Crippen LogP contribution in [-0.4, -0.2) is 21.8 Å². The molecule has 0 N–H and O–H groups in total. The number of benzene rings is 1. The molecule has 0 saturated carbocycles. The van der Waals surface area contributed by atoms with E-state index in [1.807, 2.05) is 11.9 Å². The Morgan fingerprint density at radius 2 is 1.88 bits per heavy atom. The third-order valence-electron chi connectivity index (χ3n) is 2.47. The van der Waals surface area contributed by atoms with Crippen LogP contribution in [0.2, 0.25) is 0 Å². The molecule has 1 aromatic carbocycles. The highest BCUT2D eigenvalue weighted by Gasteiger charge is 2.05. The monoisotopic (exact) mass is 234 g/mol. The Morgan fingerprint density at radius 1 is 1.19 bits per heavy atom. The lowest BCUT2D eigenvalue weighted by Crippen LogP contribution is -2.16. The number of aryl methyl sites for hydroxylation is 1. The molecule has 0 fully saturated rings. The highest BCUT2D eigenvalue weighted by atomic mass is 32.1.